The summed E-state index contributed by atoms with van der Waals surface area (Å²) in [6.45, 7) is 1.41. The van der Waals surface area contributed by atoms with Crippen molar-refractivity contribution in [2.45, 2.75) is 25.3 Å². The molecule has 1 aliphatic carbocycles. The molecule has 3 aromatic rings. The average Bonchev–Trinajstić information content (AvgIpc) is 3.35. The van der Waals surface area contributed by atoms with Crippen molar-refractivity contribution in [2.75, 3.05) is 13.2 Å². The highest BCUT2D eigenvalue weighted by atomic mass is 16.5. The van der Waals surface area contributed by atoms with Crippen LogP contribution >= 0.6 is 0 Å². The second kappa shape index (κ2) is 7.91. The van der Waals surface area contributed by atoms with Crippen molar-refractivity contribution < 1.29 is 19.4 Å². The topological polar surface area (TPSA) is 93.5 Å². The van der Waals surface area contributed by atoms with Gasteiger partial charge < -0.3 is 19.7 Å². The number of carboxylic acid groups (broad SMARTS) is 1. The molecule has 1 unspecified atom stereocenters. The predicted octanol–water partition coefficient (Wildman–Crippen LogP) is 3.68. The monoisotopic (exact) mass is 417 g/mol. The van der Waals surface area contributed by atoms with E-state index in [0.717, 1.165) is 12.2 Å². The van der Waals surface area contributed by atoms with Crippen LogP contribution in [-0.2, 0) is 17.7 Å². The number of alkyl carbamates (subject to hydrolysis) is 1. The number of hydrogen-bond acceptors (Lipinski definition) is 4. The van der Waals surface area contributed by atoms with Gasteiger partial charge in [-0.15, -0.1) is 0 Å². The van der Waals surface area contributed by atoms with Crippen LogP contribution in [0.2, 0.25) is 0 Å². The molecule has 2 aromatic carbocycles. The van der Waals surface area contributed by atoms with Crippen molar-refractivity contribution in [3.8, 4) is 11.1 Å². The molecule has 5 rings (SSSR count). The molecule has 0 spiro atoms. The lowest BCUT2D eigenvalue weighted by Gasteiger charge is -2.24. The van der Waals surface area contributed by atoms with E-state index in [1.54, 1.807) is 6.20 Å². The maximum Gasteiger partial charge on any atom is 0.407 e. The van der Waals surface area contributed by atoms with E-state index in [2.05, 4.69) is 34.6 Å². The molecule has 2 heterocycles. The molecule has 1 atom stereocenters. The zero-order chi connectivity index (χ0) is 21.4. The number of aryl methyl sites for hydroxylation is 1. The number of imidazole rings is 1. The third kappa shape index (κ3) is 3.67. The first kappa shape index (κ1) is 19.4. The number of ether oxygens (including phenoxy) is 1. The second-order valence-electron chi connectivity index (χ2n) is 8.11. The van der Waals surface area contributed by atoms with Gasteiger partial charge in [-0.25, -0.2) is 14.6 Å². The normalized spacial score (nSPS) is 16.8. The van der Waals surface area contributed by atoms with Gasteiger partial charge in [-0.1, -0.05) is 48.5 Å². The highest BCUT2D eigenvalue weighted by Gasteiger charge is 2.29. The summed E-state index contributed by atoms with van der Waals surface area (Å²) >= 11 is 0. The van der Waals surface area contributed by atoms with Crippen LogP contribution in [0.3, 0.4) is 0 Å². The van der Waals surface area contributed by atoms with Crippen LogP contribution in [0, 0.1) is 5.92 Å². The molecule has 0 fully saturated rings. The van der Waals surface area contributed by atoms with E-state index in [9.17, 15) is 9.59 Å². The van der Waals surface area contributed by atoms with Gasteiger partial charge in [0.2, 0.25) is 0 Å². The first-order valence-corrected chi connectivity index (χ1v) is 10.5. The SMILES string of the molecule is O=C(NCC1CCc2nc(C(=O)O)cn2C1)OCC1c2ccccc2-c2ccccc21. The number of benzene rings is 2. The fourth-order valence-corrected chi connectivity index (χ4v) is 4.66. The number of fused-ring (bicyclic) bond motifs is 4. The Bertz CT molecular complexity index is 1110. The van der Waals surface area contributed by atoms with Crippen LogP contribution in [0.1, 0.15) is 39.8 Å². The molecule has 0 radical (unpaired) electrons. The van der Waals surface area contributed by atoms with E-state index >= 15 is 0 Å². The molecule has 7 nitrogen and oxygen atoms in total. The van der Waals surface area contributed by atoms with Crippen molar-refractivity contribution >= 4 is 12.1 Å². The fraction of sp³-hybridized carbons (Fsp3) is 0.292. The van der Waals surface area contributed by atoms with Crippen LogP contribution in [0.4, 0.5) is 4.79 Å². The molecule has 7 heteroatoms. The molecule has 0 bridgehead atoms. The lowest BCUT2D eigenvalue weighted by atomic mass is 9.98. The zero-order valence-corrected chi connectivity index (χ0v) is 17.0. The lowest BCUT2D eigenvalue weighted by molar-refractivity contribution is 0.0690. The van der Waals surface area contributed by atoms with Gasteiger partial charge in [0, 0.05) is 31.6 Å². The minimum Gasteiger partial charge on any atom is -0.476 e. The summed E-state index contributed by atoms with van der Waals surface area (Å²) in [5, 5.41) is 12.0. The summed E-state index contributed by atoms with van der Waals surface area (Å²) in [5.41, 5.74) is 4.84. The number of amides is 1. The smallest absolute Gasteiger partial charge is 0.407 e. The summed E-state index contributed by atoms with van der Waals surface area (Å²) in [4.78, 5) is 27.6. The van der Waals surface area contributed by atoms with Crippen LogP contribution in [-0.4, -0.2) is 39.9 Å². The van der Waals surface area contributed by atoms with E-state index < -0.39 is 12.1 Å². The van der Waals surface area contributed by atoms with E-state index in [0.29, 0.717) is 19.5 Å². The predicted molar refractivity (Wildman–Crippen MR) is 114 cm³/mol. The molecule has 31 heavy (non-hydrogen) atoms. The van der Waals surface area contributed by atoms with Gasteiger partial charge in [0.15, 0.2) is 5.69 Å². The van der Waals surface area contributed by atoms with Gasteiger partial charge in [0.05, 0.1) is 0 Å². The Hall–Kier alpha value is -3.61. The highest BCUT2D eigenvalue weighted by Crippen LogP contribution is 2.44. The van der Waals surface area contributed by atoms with Gasteiger partial charge in [-0.3, -0.25) is 0 Å². The number of carboxylic acids is 1. The Labute approximate surface area is 179 Å². The molecule has 2 aliphatic rings. The number of hydrogen-bond donors (Lipinski definition) is 2. The van der Waals surface area contributed by atoms with E-state index in [1.165, 1.54) is 22.3 Å². The zero-order valence-electron chi connectivity index (χ0n) is 17.0. The van der Waals surface area contributed by atoms with Gasteiger partial charge in [0.25, 0.3) is 0 Å². The van der Waals surface area contributed by atoms with Crippen molar-refractivity contribution in [2.24, 2.45) is 5.92 Å². The molecule has 1 aromatic heterocycles. The molecule has 1 amide bonds. The number of carbonyl (C=O) groups excluding carboxylic acids is 1. The number of aromatic carboxylic acids is 1. The van der Waals surface area contributed by atoms with Crippen molar-refractivity contribution in [1.82, 2.24) is 14.9 Å². The Morgan fingerprint density at radius 2 is 1.77 bits per heavy atom. The third-order valence-electron chi connectivity index (χ3n) is 6.19. The van der Waals surface area contributed by atoms with Crippen LogP contribution in [0.15, 0.2) is 54.7 Å². The molecule has 2 N–H and O–H groups in total. The van der Waals surface area contributed by atoms with Gasteiger partial charge in [-0.2, -0.15) is 0 Å². The first-order valence-electron chi connectivity index (χ1n) is 10.5. The number of nitrogens with zero attached hydrogens (tertiary/aromatic N) is 2. The van der Waals surface area contributed by atoms with Gasteiger partial charge >= 0.3 is 12.1 Å². The van der Waals surface area contributed by atoms with Gasteiger partial charge in [-0.05, 0) is 34.6 Å². The average molecular weight is 417 g/mol. The summed E-state index contributed by atoms with van der Waals surface area (Å²) < 4.78 is 7.46. The second-order valence-corrected chi connectivity index (χ2v) is 8.11. The number of carbonyl (C=O) groups is 2. The number of rotatable bonds is 5. The molecular weight excluding hydrogens is 394 g/mol. The minimum absolute atomic E-state index is 0.0378. The summed E-state index contributed by atoms with van der Waals surface area (Å²) in [6, 6.07) is 16.5. The minimum atomic E-state index is -1.02. The Morgan fingerprint density at radius 3 is 2.45 bits per heavy atom. The Balaban J connectivity index is 1.17. The highest BCUT2D eigenvalue weighted by molar-refractivity contribution is 5.85. The standard InChI is InChI=1S/C24H23N3O4/c28-23(29)21-13-27-12-15(9-10-22(27)26-21)11-25-24(30)31-14-20-18-7-3-1-5-16(18)17-6-2-4-8-19(17)20/h1-8,13,15,20H,9-12,14H2,(H,25,30)(H,28,29). The third-order valence-corrected chi connectivity index (χ3v) is 6.19. The molecule has 158 valence electrons. The molecule has 0 saturated carbocycles. The summed E-state index contributed by atoms with van der Waals surface area (Å²) in [7, 11) is 0. The maximum atomic E-state index is 12.4. The van der Waals surface area contributed by atoms with Gasteiger partial charge in [0.1, 0.15) is 12.4 Å². The molecular formula is C24H23N3O4. The van der Waals surface area contributed by atoms with Crippen molar-refractivity contribution in [3.05, 3.63) is 77.4 Å². The quantitative estimate of drug-likeness (QED) is 0.661. The van der Waals surface area contributed by atoms with Crippen molar-refractivity contribution in [3.63, 3.8) is 0 Å². The molecule has 1 aliphatic heterocycles. The van der Waals surface area contributed by atoms with E-state index in [1.807, 2.05) is 28.8 Å². The lowest BCUT2D eigenvalue weighted by Crippen LogP contribution is -2.34. The van der Waals surface area contributed by atoms with E-state index in [-0.39, 0.29) is 24.1 Å². The first-order chi connectivity index (χ1) is 15.1. The Kier molecular flexibility index (Phi) is 4.94. The van der Waals surface area contributed by atoms with Crippen LogP contribution in [0.25, 0.3) is 11.1 Å². The van der Waals surface area contributed by atoms with E-state index in [4.69, 9.17) is 9.84 Å². The summed E-state index contributed by atoms with van der Waals surface area (Å²) in [5.74, 6) is 0.0182. The molecule has 0 saturated heterocycles. The van der Waals surface area contributed by atoms with Crippen LogP contribution < -0.4 is 5.32 Å². The maximum absolute atomic E-state index is 12.4. The largest absolute Gasteiger partial charge is 0.476 e. The number of nitrogens with one attached hydrogen (secondary N) is 1. The fourth-order valence-electron chi connectivity index (χ4n) is 4.66. The van der Waals surface area contributed by atoms with Crippen molar-refractivity contribution in [1.29, 1.82) is 0 Å². The van der Waals surface area contributed by atoms with Crippen LogP contribution in [0.5, 0.6) is 0 Å². The number of aromatic nitrogens is 2. The summed E-state index contributed by atoms with van der Waals surface area (Å²) in [6.07, 6.45) is 2.69. The Morgan fingerprint density at radius 1 is 1.10 bits per heavy atom.